The zero-order chi connectivity index (χ0) is 21.0. The first-order chi connectivity index (χ1) is 13.9. The highest BCUT2D eigenvalue weighted by Crippen LogP contribution is 2.31. The number of hydrogen-bond acceptors (Lipinski definition) is 4. The summed E-state index contributed by atoms with van der Waals surface area (Å²) in [6, 6.07) is 10.1. The number of benzene rings is 2. The molecule has 0 aliphatic carbocycles. The Bertz CT molecular complexity index is 912. The average Bonchev–Trinajstić information content (AvgIpc) is 2.73. The van der Waals surface area contributed by atoms with E-state index in [4.69, 9.17) is 32.7 Å². The van der Waals surface area contributed by atoms with Crippen LogP contribution in [0.2, 0.25) is 10.0 Å². The van der Waals surface area contributed by atoms with Crippen molar-refractivity contribution in [3.05, 3.63) is 52.0 Å². The number of methoxy groups -OCH3 is 2. The fraction of sp³-hybridized carbons (Fsp3) is 0.333. The molecule has 0 saturated carbocycles. The van der Waals surface area contributed by atoms with E-state index in [1.807, 2.05) is 0 Å². The predicted molar refractivity (Wildman–Crippen MR) is 113 cm³/mol. The molecular formula is C21H22Cl2N2O4. The van der Waals surface area contributed by atoms with E-state index in [1.165, 1.54) is 0 Å². The van der Waals surface area contributed by atoms with Gasteiger partial charge in [-0.25, -0.2) is 0 Å². The Hall–Kier alpha value is -2.44. The van der Waals surface area contributed by atoms with Gasteiger partial charge >= 0.3 is 0 Å². The molecule has 0 spiro atoms. The number of piperidine rings is 1. The molecule has 3 rings (SSSR count). The van der Waals surface area contributed by atoms with Gasteiger partial charge in [0, 0.05) is 35.8 Å². The van der Waals surface area contributed by atoms with Gasteiger partial charge in [-0.1, -0.05) is 23.2 Å². The molecule has 1 N–H and O–H groups in total. The second-order valence-electron chi connectivity index (χ2n) is 6.75. The van der Waals surface area contributed by atoms with Gasteiger partial charge in [0.15, 0.2) is 11.5 Å². The molecule has 6 nitrogen and oxygen atoms in total. The highest BCUT2D eigenvalue weighted by atomic mass is 35.5. The summed E-state index contributed by atoms with van der Waals surface area (Å²) in [6.07, 6.45) is 1.16. The molecule has 2 aromatic rings. The number of rotatable bonds is 5. The van der Waals surface area contributed by atoms with Crippen LogP contribution in [0.15, 0.2) is 36.4 Å². The first-order valence-corrected chi connectivity index (χ1v) is 9.95. The molecule has 0 bridgehead atoms. The highest BCUT2D eigenvalue weighted by molar-refractivity contribution is 6.36. The zero-order valence-electron chi connectivity index (χ0n) is 16.2. The number of carbonyl (C=O) groups excluding carboxylic acids is 2. The van der Waals surface area contributed by atoms with E-state index in [1.54, 1.807) is 55.5 Å². The standard InChI is InChI=1S/C21H22Cl2N2O4/c1-28-18-6-4-15(12-19(18)29-2)24-20(26)13-7-9-25(10-8-13)21(27)16-5-3-14(22)11-17(16)23/h3-6,11-13H,7-10H2,1-2H3,(H,24,26). The average molecular weight is 437 g/mol. The first kappa shape index (κ1) is 21.3. The summed E-state index contributed by atoms with van der Waals surface area (Å²) in [5.74, 6) is 0.746. The molecule has 1 heterocycles. The molecule has 0 unspecified atom stereocenters. The quantitative estimate of drug-likeness (QED) is 0.748. The lowest BCUT2D eigenvalue weighted by molar-refractivity contribution is -0.121. The van der Waals surface area contributed by atoms with Crippen LogP contribution >= 0.6 is 23.2 Å². The number of nitrogens with one attached hydrogen (secondary N) is 1. The molecule has 1 aliphatic heterocycles. The Labute approximate surface area is 179 Å². The Kier molecular flexibility index (Phi) is 6.87. The van der Waals surface area contributed by atoms with E-state index in [0.29, 0.717) is 58.7 Å². The minimum Gasteiger partial charge on any atom is -0.493 e. The van der Waals surface area contributed by atoms with Crippen molar-refractivity contribution >= 4 is 40.7 Å². The number of nitrogens with zero attached hydrogens (tertiary/aromatic N) is 1. The maximum atomic E-state index is 12.7. The van der Waals surface area contributed by atoms with Crippen LogP contribution in [0.4, 0.5) is 5.69 Å². The topological polar surface area (TPSA) is 67.9 Å². The van der Waals surface area contributed by atoms with Crippen LogP contribution in [0.25, 0.3) is 0 Å². The summed E-state index contributed by atoms with van der Waals surface area (Å²) in [4.78, 5) is 27.1. The molecule has 154 valence electrons. The van der Waals surface area contributed by atoms with Crippen molar-refractivity contribution < 1.29 is 19.1 Å². The predicted octanol–water partition coefficient (Wildman–Crippen LogP) is 4.50. The van der Waals surface area contributed by atoms with Crippen LogP contribution < -0.4 is 14.8 Å². The van der Waals surface area contributed by atoms with Gasteiger partial charge in [-0.3, -0.25) is 9.59 Å². The molecule has 1 saturated heterocycles. The van der Waals surface area contributed by atoms with E-state index in [0.717, 1.165) is 0 Å². The molecule has 1 aliphatic rings. The monoisotopic (exact) mass is 436 g/mol. The molecule has 0 aromatic heterocycles. The van der Waals surface area contributed by atoms with Gasteiger partial charge in [0.05, 0.1) is 24.8 Å². The maximum Gasteiger partial charge on any atom is 0.255 e. The molecular weight excluding hydrogens is 415 g/mol. The fourth-order valence-corrected chi connectivity index (χ4v) is 3.83. The van der Waals surface area contributed by atoms with Crippen LogP contribution in [-0.2, 0) is 4.79 Å². The van der Waals surface area contributed by atoms with E-state index in [9.17, 15) is 9.59 Å². The molecule has 0 radical (unpaired) electrons. The molecule has 0 atom stereocenters. The second-order valence-corrected chi connectivity index (χ2v) is 7.59. The Balaban J connectivity index is 1.59. The summed E-state index contributed by atoms with van der Waals surface area (Å²) < 4.78 is 10.5. The van der Waals surface area contributed by atoms with E-state index >= 15 is 0 Å². The minimum absolute atomic E-state index is 0.0751. The summed E-state index contributed by atoms with van der Waals surface area (Å²) in [5.41, 5.74) is 1.06. The number of anilines is 1. The first-order valence-electron chi connectivity index (χ1n) is 9.20. The van der Waals surface area contributed by atoms with Gasteiger partial charge in [0.25, 0.3) is 5.91 Å². The third kappa shape index (κ3) is 4.95. The molecule has 2 amide bonds. The smallest absolute Gasteiger partial charge is 0.255 e. The lowest BCUT2D eigenvalue weighted by Crippen LogP contribution is -2.41. The number of likely N-dealkylation sites (tertiary alicyclic amines) is 1. The number of ether oxygens (including phenoxy) is 2. The third-order valence-corrected chi connectivity index (χ3v) is 5.51. The van der Waals surface area contributed by atoms with Crippen molar-refractivity contribution in [2.75, 3.05) is 32.6 Å². The van der Waals surface area contributed by atoms with E-state index < -0.39 is 0 Å². The Morgan fingerprint density at radius 3 is 2.31 bits per heavy atom. The number of hydrogen-bond donors (Lipinski definition) is 1. The van der Waals surface area contributed by atoms with Crippen LogP contribution in [-0.4, -0.2) is 44.0 Å². The van der Waals surface area contributed by atoms with Crippen molar-refractivity contribution in [2.24, 2.45) is 5.92 Å². The second kappa shape index (κ2) is 9.37. The Morgan fingerprint density at radius 1 is 1.00 bits per heavy atom. The van der Waals surface area contributed by atoms with Crippen molar-refractivity contribution in [3.8, 4) is 11.5 Å². The Morgan fingerprint density at radius 2 is 1.69 bits per heavy atom. The highest BCUT2D eigenvalue weighted by Gasteiger charge is 2.28. The summed E-state index contributed by atoms with van der Waals surface area (Å²) in [5, 5.41) is 3.73. The van der Waals surface area contributed by atoms with Gasteiger partial charge in [-0.15, -0.1) is 0 Å². The molecule has 1 fully saturated rings. The van der Waals surface area contributed by atoms with Crippen LogP contribution in [0, 0.1) is 5.92 Å². The van der Waals surface area contributed by atoms with Gasteiger partial charge in [-0.05, 0) is 43.2 Å². The third-order valence-electron chi connectivity index (χ3n) is 4.97. The molecule has 29 heavy (non-hydrogen) atoms. The minimum atomic E-state index is -0.173. The van der Waals surface area contributed by atoms with Gasteiger partial charge in [0.1, 0.15) is 0 Å². The van der Waals surface area contributed by atoms with Crippen LogP contribution in [0.3, 0.4) is 0 Å². The van der Waals surface area contributed by atoms with Crippen LogP contribution in [0.5, 0.6) is 11.5 Å². The molecule has 8 heteroatoms. The lowest BCUT2D eigenvalue weighted by Gasteiger charge is -2.31. The van der Waals surface area contributed by atoms with Crippen molar-refractivity contribution in [3.63, 3.8) is 0 Å². The van der Waals surface area contributed by atoms with Gasteiger partial charge in [-0.2, -0.15) is 0 Å². The largest absolute Gasteiger partial charge is 0.493 e. The SMILES string of the molecule is COc1ccc(NC(=O)C2CCN(C(=O)c3ccc(Cl)cc3Cl)CC2)cc1OC. The van der Waals surface area contributed by atoms with E-state index in [2.05, 4.69) is 5.32 Å². The lowest BCUT2D eigenvalue weighted by atomic mass is 9.95. The number of amides is 2. The summed E-state index contributed by atoms with van der Waals surface area (Å²) in [7, 11) is 3.10. The molecule has 2 aromatic carbocycles. The normalized spacial score (nSPS) is 14.4. The zero-order valence-corrected chi connectivity index (χ0v) is 17.7. The van der Waals surface area contributed by atoms with E-state index in [-0.39, 0.29) is 17.7 Å². The van der Waals surface area contributed by atoms with Crippen molar-refractivity contribution in [1.29, 1.82) is 0 Å². The fourth-order valence-electron chi connectivity index (χ4n) is 3.34. The van der Waals surface area contributed by atoms with Gasteiger partial charge in [0.2, 0.25) is 5.91 Å². The number of carbonyl (C=O) groups is 2. The summed E-state index contributed by atoms with van der Waals surface area (Å²) in [6.45, 7) is 0.976. The number of halogens is 2. The van der Waals surface area contributed by atoms with Crippen molar-refractivity contribution in [1.82, 2.24) is 4.90 Å². The van der Waals surface area contributed by atoms with Crippen molar-refractivity contribution in [2.45, 2.75) is 12.8 Å². The van der Waals surface area contributed by atoms with Crippen LogP contribution in [0.1, 0.15) is 23.2 Å². The maximum absolute atomic E-state index is 12.7. The summed E-state index contributed by atoms with van der Waals surface area (Å²) >= 11 is 12.0. The van der Waals surface area contributed by atoms with Gasteiger partial charge < -0.3 is 19.7 Å².